The number of hydrogen-bond donors (Lipinski definition) is 1. The lowest BCUT2D eigenvalue weighted by Gasteiger charge is -2.09. The first-order valence-electron chi connectivity index (χ1n) is 6.27. The molecule has 0 aliphatic heterocycles. The van der Waals surface area contributed by atoms with E-state index in [1.807, 2.05) is 26.0 Å². The summed E-state index contributed by atoms with van der Waals surface area (Å²) < 4.78 is 13.8. The number of hydrogen-bond acceptors (Lipinski definition) is 1. The topological polar surface area (TPSA) is 29.1 Å². The highest BCUT2D eigenvalue weighted by atomic mass is 79.9. The predicted octanol–water partition coefficient (Wildman–Crippen LogP) is 4.39. The minimum absolute atomic E-state index is 0.113. The zero-order valence-corrected chi connectivity index (χ0v) is 12.9. The second kappa shape index (κ2) is 6.18. The van der Waals surface area contributed by atoms with Crippen molar-refractivity contribution in [2.24, 2.45) is 0 Å². The molecule has 0 fully saturated rings. The largest absolute Gasteiger partial charge is 0.326 e. The van der Waals surface area contributed by atoms with Crippen LogP contribution in [-0.4, -0.2) is 5.91 Å². The maximum atomic E-state index is 12.8. The Hall–Kier alpha value is -1.68. The normalized spacial score (nSPS) is 10.4. The molecule has 0 aliphatic carbocycles. The third-order valence-corrected chi connectivity index (χ3v) is 4.25. The number of benzene rings is 2. The van der Waals surface area contributed by atoms with E-state index in [2.05, 4.69) is 21.2 Å². The van der Waals surface area contributed by atoms with Crippen LogP contribution in [0.1, 0.15) is 16.7 Å². The number of halogens is 2. The van der Waals surface area contributed by atoms with Gasteiger partial charge in [-0.05, 0) is 54.8 Å². The molecular weight excluding hydrogens is 321 g/mol. The van der Waals surface area contributed by atoms with E-state index < -0.39 is 0 Å². The molecule has 0 unspecified atom stereocenters. The van der Waals surface area contributed by atoms with Crippen LogP contribution in [-0.2, 0) is 11.2 Å². The molecule has 2 aromatic carbocycles. The fourth-order valence-corrected chi connectivity index (χ4v) is 2.24. The van der Waals surface area contributed by atoms with Crippen molar-refractivity contribution < 1.29 is 9.18 Å². The standard InChI is InChI=1S/C16H15BrFNO/c1-10-7-14(8-11(2)16(10)17)19-15(20)9-12-3-5-13(18)6-4-12/h3-8H,9H2,1-2H3,(H,19,20). The molecule has 4 heteroatoms. The summed E-state index contributed by atoms with van der Waals surface area (Å²) in [4.78, 5) is 12.0. The fourth-order valence-electron chi connectivity index (χ4n) is 2.01. The van der Waals surface area contributed by atoms with Gasteiger partial charge in [-0.15, -0.1) is 0 Å². The molecule has 0 spiro atoms. The second-order valence-electron chi connectivity index (χ2n) is 4.78. The van der Waals surface area contributed by atoms with Gasteiger partial charge in [-0.2, -0.15) is 0 Å². The lowest BCUT2D eigenvalue weighted by Crippen LogP contribution is -2.14. The van der Waals surface area contributed by atoms with Gasteiger partial charge in [0.1, 0.15) is 5.82 Å². The Kier molecular flexibility index (Phi) is 4.55. The summed E-state index contributed by atoms with van der Waals surface area (Å²) in [5, 5.41) is 2.86. The van der Waals surface area contributed by atoms with E-state index in [0.717, 1.165) is 26.9 Å². The van der Waals surface area contributed by atoms with Gasteiger partial charge in [0.2, 0.25) is 5.91 Å². The predicted molar refractivity (Wildman–Crippen MR) is 82.3 cm³/mol. The molecule has 2 aromatic rings. The van der Waals surface area contributed by atoms with E-state index in [9.17, 15) is 9.18 Å². The lowest BCUT2D eigenvalue weighted by atomic mass is 10.1. The van der Waals surface area contributed by atoms with E-state index in [4.69, 9.17) is 0 Å². The fraction of sp³-hybridized carbons (Fsp3) is 0.188. The molecule has 2 rings (SSSR count). The molecule has 2 nitrogen and oxygen atoms in total. The molecule has 0 saturated heterocycles. The van der Waals surface area contributed by atoms with Gasteiger partial charge >= 0.3 is 0 Å². The van der Waals surface area contributed by atoms with Crippen molar-refractivity contribution in [3.8, 4) is 0 Å². The molecule has 0 aromatic heterocycles. The number of amides is 1. The lowest BCUT2D eigenvalue weighted by molar-refractivity contribution is -0.115. The number of nitrogens with one attached hydrogen (secondary N) is 1. The van der Waals surface area contributed by atoms with Crippen LogP contribution in [0.25, 0.3) is 0 Å². The number of rotatable bonds is 3. The Labute approximate surface area is 126 Å². The molecule has 0 radical (unpaired) electrons. The molecule has 1 amide bonds. The molecule has 0 heterocycles. The average Bonchev–Trinajstić information content (AvgIpc) is 2.38. The van der Waals surface area contributed by atoms with E-state index in [1.165, 1.54) is 12.1 Å². The van der Waals surface area contributed by atoms with E-state index in [0.29, 0.717) is 0 Å². The maximum absolute atomic E-state index is 12.8. The monoisotopic (exact) mass is 335 g/mol. The minimum Gasteiger partial charge on any atom is -0.326 e. The van der Waals surface area contributed by atoms with Crippen LogP contribution in [0.4, 0.5) is 10.1 Å². The van der Waals surface area contributed by atoms with Gasteiger partial charge in [0.15, 0.2) is 0 Å². The van der Waals surface area contributed by atoms with Crippen LogP contribution in [0.5, 0.6) is 0 Å². The molecular formula is C16H15BrFNO. The third kappa shape index (κ3) is 3.67. The quantitative estimate of drug-likeness (QED) is 0.885. The van der Waals surface area contributed by atoms with Crippen LogP contribution >= 0.6 is 15.9 Å². The van der Waals surface area contributed by atoms with Gasteiger partial charge in [-0.1, -0.05) is 28.1 Å². The van der Waals surface area contributed by atoms with Crippen LogP contribution in [0, 0.1) is 19.7 Å². The maximum Gasteiger partial charge on any atom is 0.228 e. The van der Waals surface area contributed by atoms with Gasteiger partial charge in [0, 0.05) is 10.2 Å². The number of carbonyl (C=O) groups excluding carboxylic acids is 1. The highest BCUT2D eigenvalue weighted by molar-refractivity contribution is 9.10. The van der Waals surface area contributed by atoms with Crippen molar-refractivity contribution in [3.05, 3.63) is 63.4 Å². The molecule has 0 bridgehead atoms. The Morgan fingerprint density at radius 1 is 1.15 bits per heavy atom. The summed E-state index contributed by atoms with van der Waals surface area (Å²) in [6, 6.07) is 9.78. The van der Waals surface area contributed by atoms with Crippen molar-refractivity contribution in [1.82, 2.24) is 0 Å². The van der Waals surface area contributed by atoms with E-state index in [-0.39, 0.29) is 18.1 Å². The average molecular weight is 336 g/mol. The Bertz CT molecular complexity index is 614. The van der Waals surface area contributed by atoms with Crippen LogP contribution < -0.4 is 5.32 Å². The van der Waals surface area contributed by atoms with Crippen molar-refractivity contribution >= 4 is 27.5 Å². The minimum atomic E-state index is -0.298. The van der Waals surface area contributed by atoms with E-state index in [1.54, 1.807) is 12.1 Å². The first-order chi connectivity index (χ1) is 9.45. The number of carbonyl (C=O) groups is 1. The first-order valence-corrected chi connectivity index (χ1v) is 7.06. The summed E-state index contributed by atoms with van der Waals surface area (Å²) in [6.45, 7) is 3.96. The zero-order valence-electron chi connectivity index (χ0n) is 11.3. The summed E-state index contributed by atoms with van der Waals surface area (Å²) in [6.07, 6.45) is 0.231. The number of aryl methyl sites for hydroxylation is 2. The van der Waals surface area contributed by atoms with Crippen molar-refractivity contribution in [3.63, 3.8) is 0 Å². The van der Waals surface area contributed by atoms with Crippen molar-refractivity contribution in [2.75, 3.05) is 5.32 Å². The van der Waals surface area contributed by atoms with Gasteiger partial charge in [-0.3, -0.25) is 4.79 Å². The number of anilines is 1. The van der Waals surface area contributed by atoms with Gasteiger partial charge < -0.3 is 5.32 Å². The third-order valence-electron chi connectivity index (χ3n) is 3.00. The van der Waals surface area contributed by atoms with Crippen LogP contribution in [0.2, 0.25) is 0 Å². The Morgan fingerprint density at radius 3 is 2.25 bits per heavy atom. The Balaban J connectivity index is 2.06. The SMILES string of the molecule is Cc1cc(NC(=O)Cc2ccc(F)cc2)cc(C)c1Br. The van der Waals surface area contributed by atoms with E-state index >= 15 is 0 Å². The summed E-state index contributed by atoms with van der Waals surface area (Å²) in [7, 11) is 0. The highest BCUT2D eigenvalue weighted by Crippen LogP contribution is 2.25. The molecule has 1 N–H and O–H groups in total. The van der Waals surface area contributed by atoms with Gasteiger partial charge in [-0.25, -0.2) is 4.39 Å². The van der Waals surface area contributed by atoms with Gasteiger partial charge in [0.25, 0.3) is 0 Å². The highest BCUT2D eigenvalue weighted by Gasteiger charge is 2.07. The zero-order chi connectivity index (χ0) is 14.7. The first kappa shape index (κ1) is 14.7. The molecule has 20 heavy (non-hydrogen) atoms. The molecule has 0 saturated carbocycles. The summed E-state index contributed by atoms with van der Waals surface area (Å²) in [5.74, 6) is -0.411. The summed E-state index contributed by atoms with van der Waals surface area (Å²) in [5.41, 5.74) is 3.70. The van der Waals surface area contributed by atoms with Crippen molar-refractivity contribution in [2.45, 2.75) is 20.3 Å². The van der Waals surface area contributed by atoms with Crippen molar-refractivity contribution in [1.29, 1.82) is 0 Å². The smallest absolute Gasteiger partial charge is 0.228 e. The summed E-state index contributed by atoms with van der Waals surface area (Å²) >= 11 is 3.49. The second-order valence-corrected chi connectivity index (χ2v) is 5.57. The van der Waals surface area contributed by atoms with Gasteiger partial charge in [0.05, 0.1) is 6.42 Å². The molecule has 104 valence electrons. The van der Waals surface area contributed by atoms with Crippen LogP contribution in [0.15, 0.2) is 40.9 Å². The van der Waals surface area contributed by atoms with Crippen LogP contribution in [0.3, 0.4) is 0 Å². The molecule has 0 aliphatic rings. The molecule has 0 atom stereocenters. The Morgan fingerprint density at radius 2 is 1.70 bits per heavy atom.